The zero-order valence-electron chi connectivity index (χ0n) is 19.2. The van der Waals surface area contributed by atoms with Gasteiger partial charge in [0.25, 0.3) is 5.91 Å². The maximum absolute atomic E-state index is 14.3. The number of hydrogen-bond acceptors (Lipinski definition) is 7. The van der Waals surface area contributed by atoms with Crippen LogP contribution in [0.25, 0.3) is 11.1 Å². The van der Waals surface area contributed by atoms with Crippen molar-refractivity contribution in [3.63, 3.8) is 0 Å². The van der Waals surface area contributed by atoms with Gasteiger partial charge in [-0.1, -0.05) is 35.6 Å². The molecule has 2 heterocycles. The number of pyridine rings is 1. The van der Waals surface area contributed by atoms with E-state index in [4.69, 9.17) is 5.73 Å². The van der Waals surface area contributed by atoms with Gasteiger partial charge in [-0.3, -0.25) is 4.79 Å². The Hall–Kier alpha value is -3.89. The molecule has 1 aliphatic carbocycles. The monoisotopic (exact) mass is 506 g/mol. The predicted octanol–water partition coefficient (Wildman–Crippen LogP) is 5.19. The normalized spacial score (nSPS) is 12.9. The highest BCUT2D eigenvalue weighted by atomic mass is 32.1. The zero-order chi connectivity index (χ0) is 25.1. The van der Waals surface area contributed by atoms with Gasteiger partial charge in [-0.15, -0.1) is 0 Å². The molecule has 0 unspecified atom stereocenters. The summed E-state index contributed by atoms with van der Waals surface area (Å²) < 4.78 is 28.4. The molecule has 1 amide bonds. The van der Waals surface area contributed by atoms with Gasteiger partial charge in [-0.2, -0.15) is 0 Å². The second kappa shape index (κ2) is 10.4. The molecule has 1 aliphatic rings. The maximum atomic E-state index is 14.3. The van der Waals surface area contributed by atoms with Crippen molar-refractivity contribution in [2.75, 3.05) is 10.6 Å². The number of nitrogens with one attached hydrogen (secondary N) is 3. The first-order valence-electron chi connectivity index (χ1n) is 11.5. The molecule has 36 heavy (non-hydrogen) atoms. The van der Waals surface area contributed by atoms with Crippen LogP contribution in [0.3, 0.4) is 0 Å². The number of aromatic nitrogens is 2. The summed E-state index contributed by atoms with van der Waals surface area (Å²) in [7, 11) is 0. The fraction of sp³-hybridized carbons (Fsp3) is 0.192. The minimum Gasteiger partial charge on any atom is -0.378 e. The van der Waals surface area contributed by atoms with E-state index >= 15 is 0 Å². The number of nitrogens with two attached hydrogens (primary N) is 1. The van der Waals surface area contributed by atoms with Crippen molar-refractivity contribution in [2.24, 2.45) is 5.73 Å². The molecule has 1 saturated carbocycles. The summed E-state index contributed by atoms with van der Waals surface area (Å²) in [5.41, 5.74) is 8.63. The van der Waals surface area contributed by atoms with Crippen LogP contribution < -0.4 is 21.7 Å². The van der Waals surface area contributed by atoms with E-state index in [2.05, 4.69) is 25.9 Å². The number of anilines is 3. The first-order chi connectivity index (χ1) is 17.5. The quantitative estimate of drug-likeness (QED) is 0.249. The molecule has 5 rings (SSSR count). The third kappa shape index (κ3) is 5.67. The largest absolute Gasteiger partial charge is 0.378 e. The van der Waals surface area contributed by atoms with Gasteiger partial charge >= 0.3 is 0 Å². The highest BCUT2D eigenvalue weighted by Crippen LogP contribution is 2.27. The number of carbonyl (C=O) groups is 1. The van der Waals surface area contributed by atoms with E-state index in [0.29, 0.717) is 17.5 Å². The lowest BCUT2D eigenvalue weighted by molar-refractivity contribution is 0.0947. The Morgan fingerprint density at radius 3 is 2.47 bits per heavy atom. The van der Waals surface area contributed by atoms with Crippen LogP contribution >= 0.6 is 11.3 Å². The molecule has 0 saturated heterocycles. The SMILES string of the molecule is NCc1ccc(-c2ccc(Nc3ncc(CNc4cc(C(=O)NC5CC5)c(F)cc4F)s3)nc2)cc1. The molecule has 4 aromatic rings. The summed E-state index contributed by atoms with van der Waals surface area (Å²) in [5, 5.41) is 9.44. The van der Waals surface area contributed by atoms with Crippen molar-refractivity contribution in [1.29, 1.82) is 0 Å². The molecule has 0 spiro atoms. The van der Waals surface area contributed by atoms with Crippen LogP contribution in [0, 0.1) is 11.6 Å². The van der Waals surface area contributed by atoms with Gasteiger partial charge in [0, 0.05) is 41.5 Å². The second-order valence-electron chi connectivity index (χ2n) is 8.50. The molecule has 10 heteroatoms. The number of halogens is 2. The third-order valence-corrected chi connectivity index (χ3v) is 6.65. The summed E-state index contributed by atoms with van der Waals surface area (Å²) in [6.45, 7) is 0.765. The van der Waals surface area contributed by atoms with Gasteiger partial charge in [0.1, 0.15) is 17.5 Å². The summed E-state index contributed by atoms with van der Waals surface area (Å²) in [6.07, 6.45) is 5.20. The Balaban J connectivity index is 1.20. The molecule has 0 atom stereocenters. The Labute approximate surface area is 210 Å². The minimum atomic E-state index is -0.883. The number of carbonyl (C=O) groups excluding carboxylic acids is 1. The standard InChI is InChI=1S/C26H24F2N6OS/c27-21-10-22(28)23(9-20(21)25(35)33-18-6-7-18)30-13-19-14-32-26(36-19)34-24-8-5-17(12-31-24)16-3-1-15(11-29)2-4-16/h1-5,8-10,12,14,18,30H,6-7,11,13,29H2,(H,33,35)(H,31,32,34). The Bertz CT molecular complexity index is 1370. The van der Waals surface area contributed by atoms with Crippen molar-refractivity contribution in [3.05, 3.63) is 88.6 Å². The van der Waals surface area contributed by atoms with Gasteiger partial charge in [-0.25, -0.2) is 18.7 Å². The second-order valence-corrected chi connectivity index (χ2v) is 9.62. The van der Waals surface area contributed by atoms with Crippen LogP contribution in [0.15, 0.2) is 60.9 Å². The molecule has 2 aromatic heterocycles. The number of hydrogen-bond donors (Lipinski definition) is 4. The molecule has 184 valence electrons. The molecule has 0 aliphatic heterocycles. The molecule has 7 nitrogen and oxygen atoms in total. The molecule has 5 N–H and O–H groups in total. The number of nitrogens with zero attached hydrogens (tertiary/aromatic N) is 2. The molecule has 0 radical (unpaired) electrons. The highest BCUT2D eigenvalue weighted by Gasteiger charge is 2.25. The van der Waals surface area contributed by atoms with Gasteiger partial charge in [0.05, 0.1) is 17.8 Å². The van der Waals surface area contributed by atoms with Crippen LogP contribution in [0.2, 0.25) is 0 Å². The van der Waals surface area contributed by atoms with E-state index in [1.54, 1.807) is 12.4 Å². The van der Waals surface area contributed by atoms with E-state index in [9.17, 15) is 13.6 Å². The first kappa shape index (κ1) is 23.8. The summed E-state index contributed by atoms with van der Waals surface area (Å²) in [4.78, 5) is 21.9. The number of amides is 1. The lowest BCUT2D eigenvalue weighted by atomic mass is 10.1. The fourth-order valence-corrected chi connectivity index (χ4v) is 4.32. The fourth-order valence-electron chi connectivity index (χ4n) is 3.56. The predicted molar refractivity (Wildman–Crippen MR) is 137 cm³/mol. The Morgan fingerprint density at radius 1 is 1.00 bits per heavy atom. The van der Waals surface area contributed by atoms with E-state index in [1.807, 2.05) is 36.4 Å². The van der Waals surface area contributed by atoms with Crippen molar-refractivity contribution in [3.8, 4) is 11.1 Å². The van der Waals surface area contributed by atoms with E-state index in [-0.39, 0.29) is 23.8 Å². The van der Waals surface area contributed by atoms with E-state index in [0.717, 1.165) is 40.5 Å². The van der Waals surface area contributed by atoms with Crippen LogP contribution in [0.5, 0.6) is 0 Å². The van der Waals surface area contributed by atoms with Gasteiger partial charge in [0.2, 0.25) is 0 Å². The summed E-state index contributed by atoms with van der Waals surface area (Å²) in [5.74, 6) is -1.54. The Kier molecular flexibility index (Phi) is 6.88. The van der Waals surface area contributed by atoms with Crippen molar-refractivity contribution >= 4 is 33.9 Å². The molecule has 1 fully saturated rings. The van der Waals surface area contributed by atoms with Crippen LogP contribution in [0.4, 0.5) is 25.4 Å². The third-order valence-electron chi connectivity index (χ3n) is 5.74. The van der Waals surface area contributed by atoms with Crippen molar-refractivity contribution in [2.45, 2.75) is 32.0 Å². The Morgan fingerprint density at radius 2 is 1.78 bits per heavy atom. The summed E-state index contributed by atoms with van der Waals surface area (Å²) >= 11 is 1.38. The lowest BCUT2D eigenvalue weighted by Crippen LogP contribution is -2.26. The van der Waals surface area contributed by atoms with Crippen LogP contribution in [-0.4, -0.2) is 21.9 Å². The van der Waals surface area contributed by atoms with Crippen molar-refractivity contribution < 1.29 is 13.6 Å². The smallest absolute Gasteiger partial charge is 0.254 e. The maximum Gasteiger partial charge on any atom is 0.254 e. The van der Waals surface area contributed by atoms with Gasteiger partial charge in [-0.05, 0) is 42.2 Å². The highest BCUT2D eigenvalue weighted by molar-refractivity contribution is 7.15. The molecule has 0 bridgehead atoms. The summed E-state index contributed by atoms with van der Waals surface area (Å²) in [6, 6.07) is 13.9. The number of thiazole rings is 1. The topological polar surface area (TPSA) is 105 Å². The van der Waals surface area contributed by atoms with Gasteiger partial charge < -0.3 is 21.7 Å². The zero-order valence-corrected chi connectivity index (χ0v) is 20.0. The molecule has 2 aromatic carbocycles. The molecular weight excluding hydrogens is 482 g/mol. The lowest BCUT2D eigenvalue weighted by Gasteiger charge is -2.10. The van der Waals surface area contributed by atoms with Gasteiger partial charge in [0.15, 0.2) is 5.13 Å². The van der Waals surface area contributed by atoms with Crippen molar-refractivity contribution in [1.82, 2.24) is 15.3 Å². The first-order valence-corrected chi connectivity index (χ1v) is 12.3. The van der Waals surface area contributed by atoms with Crippen LogP contribution in [0.1, 0.15) is 33.6 Å². The molecular formula is C26H24F2N6OS. The van der Waals surface area contributed by atoms with Crippen LogP contribution in [-0.2, 0) is 13.1 Å². The number of benzene rings is 2. The van der Waals surface area contributed by atoms with E-state index < -0.39 is 17.5 Å². The number of rotatable bonds is 9. The van der Waals surface area contributed by atoms with E-state index in [1.165, 1.54) is 17.4 Å². The average molecular weight is 507 g/mol. The average Bonchev–Trinajstić information content (AvgIpc) is 3.59. The minimum absolute atomic E-state index is 0.0528.